The van der Waals surface area contributed by atoms with Crippen molar-refractivity contribution in [3.05, 3.63) is 144 Å². The van der Waals surface area contributed by atoms with E-state index < -0.39 is 23.9 Å². The van der Waals surface area contributed by atoms with E-state index in [2.05, 4.69) is 0 Å². The van der Waals surface area contributed by atoms with E-state index in [9.17, 15) is 19.2 Å². The molecule has 0 amide bonds. The van der Waals surface area contributed by atoms with Gasteiger partial charge in [-0.15, -0.1) is 0 Å². The van der Waals surface area contributed by atoms with Crippen LogP contribution in [0, 0.1) is 0 Å². The first-order valence-corrected chi connectivity index (χ1v) is 10.4. The molecule has 0 bridgehead atoms. The first-order chi connectivity index (χ1) is 17.2. The van der Waals surface area contributed by atoms with E-state index in [-0.39, 0.29) is 11.0 Å². The Morgan fingerprint density at radius 1 is 0.316 bits per heavy atom. The molecule has 0 spiro atoms. The summed E-state index contributed by atoms with van der Waals surface area (Å²) < 4.78 is 0. The highest BCUT2D eigenvalue weighted by atomic mass is 16.4. The highest BCUT2D eigenvalue weighted by molar-refractivity contribution is 5.88. The van der Waals surface area contributed by atoms with Crippen LogP contribution in [0.3, 0.4) is 0 Å². The third kappa shape index (κ3) is 14.8. The van der Waals surface area contributed by atoms with Crippen LogP contribution in [0.4, 0.5) is 0 Å². The average molecular weight is 525 g/mol. The molecule has 0 radical (unpaired) electrons. The Kier molecular flexibility index (Phi) is 18.3. The maximum absolute atomic E-state index is 10.2. The molecule has 38 heavy (non-hydrogen) atoms. The SMILES string of the molecule is O.O.O=C(O)c1ccccc1.O=C(O)c1ccccc1.O=C(O)c1ccccc1.O=C(O)c1ccccc1. The number of aromatic carboxylic acids is 4. The Labute approximate surface area is 218 Å². The monoisotopic (exact) mass is 524 g/mol. The topological polar surface area (TPSA) is 212 Å². The van der Waals surface area contributed by atoms with Crippen LogP contribution in [0.1, 0.15) is 41.4 Å². The summed E-state index contributed by atoms with van der Waals surface area (Å²) in [6.45, 7) is 0. The quantitative estimate of drug-likeness (QED) is 0.306. The lowest BCUT2D eigenvalue weighted by Gasteiger charge is -1.88. The number of carbonyl (C=O) groups is 4. The van der Waals surface area contributed by atoms with Gasteiger partial charge in [-0.3, -0.25) is 0 Å². The highest BCUT2D eigenvalue weighted by Crippen LogP contribution is 1.98. The predicted octanol–water partition coefficient (Wildman–Crippen LogP) is 3.89. The Bertz CT molecular complexity index is 1020. The summed E-state index contributed by atoms with van der Waals surface area (Å²) in [5, 5.41) is 33.5. The summed E-state index contributed by atoms with van der Waals surface area (Å²) in [5.41, 5.74) is 1.32. The first-order valence-electron chi connectivity index (χ1n) is 10.4. The van der Waals surface area contributed by atoms with E-state index in [1.807, 2.05) is 0 Å². The van der Waals surface area contributed by atoms with Gasteiger partial charge in [0.1, 0.15) is 0 Å². The van der Waals surface area contributed by atoms with Crippen molar-refractivity contribution in [1.82, 2.24) is 0 Å². The normalized spacial score (nSPS) is 8.42. The summed E-state index contributed by atoms with van der Waals surface area (Å²) in [6, 6.07) is 33.2. The van der Waals surface area contributed by atoms with E-state index >= 15 is 0 Å². The van der Waals surface area contributed by atoms with Crippen molar-refractivity contribution in [2.24, 2.45) is 0 Å². The van der Waals surface area contributed by atoms with Gasteiger partial charge in [0.2, 0.25) is 0 Å². The molecule has 0 saturated carbocycles. The molecule has 0 aromatic heterocycles. The zero-order valence-electron chi connectivity index (χ0n) is 20.0. The molecule has 4 aromatic carbocycles. The lowest BCUT2D eigenvalue weighted by Crippen LogP contribution is -1.93. The number of rotatable bonds is 4. The van der Waals surface area contributed by atoms with Crippen LogP contribution in [0.25, 0.3) is 0 Å². The molecule has 0 aliphatic rings. The number of hydrogen-bond donors (Lipinski definition) is 4. The minimum Gasteiger partial charge on any atom is -0.478 e. The highest BCUT2D eigenvalue weighted by Gasteiger charge is 1.98. The van der Waals surface area contributed by atoms with Crippen LogP contribution < -0.4 is 0 Å². The van der Waals surface area contributed by atoms with E-state index in [0.29, 0.717) is 22.3 Å². The van der Waals surface area contributed by atoms with Gasteiger partial charge in [-0.25, -0.2) is 19.2 Å². The van der Waals surface area contributed by atoms with Crippen LogP contribution in [0.5, 0.6) is 0 Å². The van der Waals surface area contributed by atoms with Gasteiger partial charge >= 0.3 is 23.9 Å². The van der Waals surface area contributed by atoms with Gasteiger partial charge in [0.15, 0.2) is 0 Å². The molecule has 4 rings (SSSR count). The third-order valence-corrected chi connectivity index (χ3v) is 4.08. The molecule has 0 aliphatic carbocycles. The lowest BCUT2D eigenvalue weighted by atomic mass is 10.2. The van der Waals surface area contributed by atoms with Crippen molar-refractivity contribution in [3.63, 3.8) is 0 Å². The van der Waals surface area contributed by atoms with Crippen LogP contribution in [0.15, 0.2) is 121 Å². The van der Waals surface area contributed by atoms with Crippen molar-refractivity contribution in [3.8, 4) is 0 Å². The fourth-order valence-corrected chi connectivity index (χ4v) is 2.32. The maximum Gasteiger partial charge on any atom is 0.335 e. The molecule has 10 heteroatoms. The predicted molar refractivity (Wildman–Crippen MR) is 141 cm³/mol. The molecule has 0 heterocycles. The Balaban J connectivity index is 0. The number of carboxylic acids is 4. The van der Waals surface area contributed by atoms with E-state index in [1.165, 1.54) is 0 Å². The summed E-state index contributed by atoms with van der Waals surface area (Å²) >= 11 is 0. The van der Waals surface area contributed by atoms with Gasteiger partial charge in [0.25, 0.3) is 0 Å². The van der Waals surface area contributed by atoms with Gasteiger partial charge in [-0.2, -0.15) is 0 Å². The van der Waals surface area contributed by atoms with Crippen molar-refractivity contribution in [1.29, 1.82) is 0 Å². The second-order valence-corrected chi connectivity index (χ2v) is 6.68. The van der Waals surface area contributed by atoms with Crippen molar-refractivity contribution >= 4 is 23.9 Å². The molecule has 10 nitrogen and oxygen atoms in total. The Morgan fingerprint density at radius 2 is 0.447 bits per heavy atom. The second kappa shape index (κ2) is 19.9. The Morgan fingerprint density at radius 3 is 0.526 bits per heavy atom. The van der Waals surface area contributed by atoms with Gasteiger partial charge in [0, 0.05) is 0 Å². The third-order valence-electron chi connectivity index (χ3n) is 4.08. The van der Waals surface area contributed by atoms with Crippen LogP contribution in [0.2, 0.25) is 0 Å². The molecular weight excluding hydrogens is 496 g/mol. The first kappa shape index (κ1) is 34.8. The Hall–Kier alpha value is -5.32. The zero-order chi connectivity index (χ0) is 26.8. The van der Waals surface area contributed by atoms with Crippen LogP contribution in [-0.4, -0.2) is 55.3 Å². The van der Waals surface area contributed by atoms with Crippen LogP contribution in [-0.2, 0) is 0 Å². The minimum absolute atomic E-state index is 0. The van der Waals surface area contributed by atoms with E-state index in [4.69, 9.17) is 20.4 Å². The van der Waals surface area contributed by atoms with Crippen molar-refractivity contribution in [2.45, 2.75) is 0 Å². The van der Waals surface area contributed by atoms with Crippen LogP contribution >= 0.6 is 0 Å². The van der Waals surface area contributed by atoms with E-state index in [1.54, 1.807) is 121 Å². The summed E-state index contributed by atoms with van der Waals surface area (Å²) in [4.78, 5) is 40.8. The fraction of sp³-hybridized carbons (Fsp3) is 0. The molecule has 0 atom stereocenters. The molecule has 8 N–H and O–H groups in total. The summed E-state index contributed by atoms with van der Waals surface area (Å²) in [5.74, 6) is -3.52. The lowest BCUT2D eigenvalue weighted by molar-refractivity contribution is 0.0686. The molecule has 0 aliphatic heterocycles. The smallest absolute Gasteiger partial charge is 0.335 e. The largest absolute Gasteiger partial charge is 0.478 e. The fourth-order valence-electron chi connectivity index (χ4n) is 2.32. The molecule has 0 unspecified atom stereocenters. The molecular formula is C28H28O10. The van der Waals surface area contributed by atoms with Crippen molar-refractivity contribution < 1.29 is 50.6 Å². The van der Waals surface area contributed by atoms with Crippen molar-refractivity contribution in [2.75, 3.05) is 0 Å². The molecule has 200 valence electrons. The van der Waals surface area contributed by atoms with E-state index in [0.717, 1.165) is 0 Å². The molecule has 0 fully saturated rings. The summed E-state index contributed by atoms with van der Waals surface area (Å²) in [7, 11) is 0. The standard InChI is InChI=1S/4C7H6O2.2H2O/c4*8-7(9)6-4-2-1-3-5-6;;/h4*1-5H,(H,8,9);2*1H2. The number of benzene rings is 4. The summed E-state index contributed by atoms with van der Waals surface area (Å²) in [6.07, 6.45) is 0. The van der Waals surface area contributed by atoms with Gasteiger partial charge in [0.05, 0.1) is 22.3 Å². The van der Waals surface area contributed by atoms with Gasteiger partial charge in [-0.05, 0) is 48.5 Å². The average Bonchev–Trinajstić information content (AvgIpc) is 2.92. The van der Waals surface area contributed by atoms with Gasteiger partial charge < -0.3 is 31.4 Å². The minimum atomic E-state index is -0.879. The number of carboxylic acid groups (broad SMARTS) is 4. The molecule has 0 saturated heterocycles. The molecule has 4 aromatic rings. The number of hydrogen-bond acceptors (Lipinski definition) is 4. The van der Waals surface area contributed by atoms with Gasteiger partial charge in [-0.1, -0.05) is 72.8 Å². The second-order valence-electron chi connectivity index (χ2n) is 6.68. The zero-order valence-corrected chi connectivity index (χ0v) is 20.0. The maximum atomic E-state index is 10.2.